The molecule has 0 saturated heterocycles. The minimum absolute atomic E-state index is 0.289. The van der Waals surface area contributed by atoms with Gasteiger partial charge in [0, 0.05) is 24.2 Å². The fourth-order valence-corrected chi connectivity index (χ4v) is 4.45. The highest BCUT2D eigenvalue weighted by Crippen LogP contribution is 2.45. The van der Waals surface area contributed by atoms with E-state index in [9.17, 15) is 8.42 Å². The fourth-order valence-electron chi connectivity index (χ4n) is 2.73. The Morgan fingerprint density at radius 1 is 0.800 bits per heavy atom. The number of likely N-dealkylation sites (N-methyl/N-ethyl adjacent to an activating group) is 2. The van der Waals surface area contributed by atoms with Gasteiger partial charge in [0.25, 0.3) is 0 Å². The van der Waals surface area contributed by atoms with Gasteiger partial charge in [-0.25, -0.2) is 8.42 Å². The van der Waals surface area contributed by atoms with Crippen LogP contribution in [-0.4, -0.2) is 48.8 Å². The molecule has 0 amide bonds. The molecule has 7 heteroatoms. The molecule has 1 heterocycles. The Balaban J connectivity index is 1.91. The first-order chi connectivity index (χ1) is 12.1. The van der Waals surface area contributed by atoms with Crippen LogP contribution in [0.15, 0.2) is 46.2 Å². The molecule has 134 valence electrons. The molecule has 25 heavy (non-hydrogen) atoms. The van der Waals surface area contributed by atoms with Crippen molar-refractivity contribution >= 4 is 9.84 Å². The van der Waals surface area contributed by atoms with Crippen molar-refractivity contribution in [2.75, 3.05) is 40.4 Å². The van der Waals surface area contributed by atoms with Gasteiger partial charge in [0.15, 0.2) is 0 Å². The molecule has 1 aliphatic rings. The number of fused-ring (bicyclic) bond motifs is 3. The van der Waals surface area contributed by atoms with Gasteiger partial charge in [0.1, 0.15) is 24.7 Å². The van der Waals surface area contributed by atoms with Gasteiger partial charge in [0.2, 0.25) is 9.84 Å². The van der Waals surface area contributed by atoms with E-state index in [1.807, 2.05) is 14.1 Å². The van der Waals surface area contributed by atoms with Crippen LogP contribution in [0.25, 0.3) is 11.1 Å². The third-order valence-corrected chi connectivity index (χ3v) is 5.85. The predicted molar refractivity (Wildman–Crippen MR) is 96.2 cm³/mol. The highest BCUT2D eigenvalue weighted by molar-refractivity contribution is 7.92. The van der Waals surface area contributed by atoms with E-state index in [1.165, 1.54) is 0 Å². The SMILES string of the molecule is CNCCOc1ccc2c(c1)S(=O)(=O)c1cc(OCCNC)ccc1-2. The van der Waals surface area contributed by atoms with Gasteiger partial charge < -0.3 is 20.1 Å². The van der Waals surface area contributed by atoms with Crippen LogP contribution in [0.3, 0.4) is 0 Å². The van der Waals surface area contributed by atoms with E-state index >= 15 is 0 Å². The minimum atomic E-state index is -3.56. The van der Waals surface area contributed by atoms with Gasteiger partial charge in [-0.1, -0.05) is 0 Å². The van der Waals surface area contributed by atoms with Gasteiger partial charge in [-0.2, -0.15) is 0 Å². The van der Waals surface area contributed by atoms with Gasteiger partial charge >= 0.3 is 0 Å². The molecule has 0 aromatic heterocycles. The van der Waals surface area contributed by atoms with Crippen LogP contribution in [0.5, 0.6) is 11.5 Å². The highest BCUT2D eigenvalue weighted by Gasteiger charge is 2.33. The van der Waals surface area contributed by atoms with Crippen LogP contribution < -0.4 is 20.1 Å². The van der Waals surface area contributed by atoms with E-state index < -0.39 is 9.84 Å². The number of ether oxygens (including phenoxy) is 2. The average Bonchev–Trinajstić information content (AvgIpc) is 2.83. The Kier molecular flexibility index (Phi) is 5.27. The lowest BCUT2D eigenvalue weighted by Crippen LogP contribution is -2.16. The van der Waals surface area contributed by atoms with E-state index in [-0.39, 0.29) is 9.79 Å². The smallest absolute Gasteiger partial charge is 0.208 e. The summed E-state index contributed by atoms with van der Waals surface area (Å²) in [4.78, 5) is 0.577. The number of benzene rings is 2. The van der Waals surface area contributed by atoms with Crippen molar-refractivity contribution in [3.05, 3.63) is 36.4 Å². The Labute approximate surface area is 148 Å². The third kappa shape index (κ3) is 3.49. The van der Waals surface area contributed by atoms with Crippen LogP contribution in [0, 0.1) is 0 Å². The Hall–Kier alpha value is -2.09. The summed E-state index contributed by atoms with van der Waals surface area (Å²) in [6.07, 6.45) is 0. The molecule has 2 aromatic rings. The molecule has 0 unspecified atom stereocenters. The summed E-state index contributed by atoms with van der Waals surface area (Å²) in [7, 11) is 0.111. The number of hydrogen-bond acceptors (Lipinski definition) is 6. The molecule has 0 aliphatic carbocycles. The maximum absolute atomic E-state index is 12.9. The van der Waals surface area contributed by atoms with Crippen LogP contribution in [-0.2, 0) is 9.84 Å². The van der Waals surface area contributed by atoms with Crippen LogP contribution in [0.1, 0.15) is 0 Å². The standard InChI is InChI=1S/C18H22N2O4S/c1-19-7-9-23-13-3-5-15-16-6-4-14(24-10-8-20-2)12-18(16)25(21,22)17(15)11-13/h3-6,11-12,19-20H,7-10H2,1-2H3. The molecule has 0 bridgehead atoms. The molecule has 2 aromatic carbocycles. The van der Waals surface area contributed by atoms with Gasteiger partial charge in [0.05, 0.1) is 9.79 Å². The Bertz CT molecular complexity index is 800. The first kappa shape index (κ1) is 17.7. The summed E-state index contributed by atoms with van der Waals surface area (Å²) in [5.41, 5.74) is 1.41. The molecular formula is C18H22N2O4S. The zero-order chi connectivity index (χ0) is 17.9. The summed E-state index contributed by atoms with van der Waals surface area (Å²) in [6, 6.07) is 10.4. The molecule has 2 N–H and O–H groups in total. The number of rotatable bonds is 8. The normalized spacial score (nSPS) is 14.0. The van der Waals surface area contributed by atoms with E-state index in [0.29, 0.717) is 48.9 Å². The average molecular weight is 362 g/mol. The lowest BCUT2D eigenvalue weighted by atomic mass is 10.1. The van der Waals surface area contributed by atoms with Crippen LogP contribution in [0.4, 0.5) is 0 Å². The highest BCUT2D eigenvalue weighted by atomic mass is 32.2. The summed E-state index contributed by atoms with van der Waals surface area (Å²) < 4.78 is 37.0. The lowest BCUT2D eigenvalue weighted by molar-refractivity contribution is 0.317. The second kappa shape index (κ2) is 7.43. The largest absolute Gasteiger partial charge is 0.492 e. The molecular weight excluding hydrogens is 340 g/mol. The van der Waals surface area contributed by atoms with E-state index in [4.69, 9.17) is 9.47 Å². The second-order valence-corrected chi connectivity index (χ2v) is 7.61. The second-order valence-electron chi connectivity index (χ2n) is 5.72. The van der Waals surface area contributed by atoms with Gasteiger partial charge in [-0.3, -0.25) is 0 Å². The Morgan fingerprint density at radius 3 is 1.64 bits per heavy atom. The van der Waals surface area contributed by atoms with Crippen molar-refractivity contribution in [1.82, 2.24) is 10.6 Å². The Morgan fingerprint density at radius 2 is 1.24 bits per heavy atom. The van der Waals surface area contributed by atoms with Crippen molar-refractivity contribution in [3.63, 3.8) is 0 Å². The van der Waals surface area contributed by atoms with E-state index in [1.54, 1.807) is 36.4 Å². The molecule has 0 saturated carbocycles. The van der Waals surface area contributed by atoms with E-state index in [2.05, 4.69) is 10.6 Å². The van der Waals surface area contributed by atoms with Crippen molar-refractivity contribution in [3.8, 4) is 22.6 Å². The number of nitrogens with one attached hydrogen (secondary N) is 2. The predicted octanol–water partition coefficient (Wildman–Crippen LogP) is 1.70. The topological polar surface area (TPSA) is 76.7 Å². The van der Waals surface area contributed by atoms with Gasteiger partial charge in [-0.15, -0.1) is 0 Å². The molecule has 0 fully saturated rings. The van der Waals surface area contributed by atoms with Crippen molar-refractivity contribution in [2.45, 2.75) is 9.79 Å². The van der Waals surface area contributed by atoms with Crippen LogP contribution in [0.2, 0.25) is 0 Å². The maximum atomic E-state index is 12.9. The minimum Gasteiger partial charge on any atom is -0.492 e. The molecule has 6 nitrogen and oxygen atoms in total. The quantitative estimate of drug-likeness (QED) is 0.594. The first-order valence-electron chi connectivity index (χ1n) is 8.16. The zero-order valence-electron chi connectivity index (χ0n) is 14.3. The van der Waals surface area contributed by atoms with Crippen molar-refractivity contribution in [1.29, 1.82) is 0 Å². The summed E-state index contributed by atoms with van der Waals surface area (Å²) in [5, 5.41) is 5.97. The molecule has 0 atom stereocenters. The van der Waals surface area contributed by atoms with Gasteiger partial charge in [-0.05, 0) is 50.5 Å². The molecule has 1 aliphatic heterocycles. The molecule has 0 radical (unpaired) electrons. The molecule has 0 spiro atoms. The summed E-state index contributed by atoms with van der Waals surface area (Å²) >= 11 is 0. The fraction of sp³-hybridized carbons (Fsp3) is 0.333. The van der Waals surface area contributed by atoms with Crippen molar-refractivity contribution < 1.29 is 17.9 Å². The molecule has 3 rings (SSSR count). The van der Waals surface area contributed by atoms with Crippen molar-refractivity contribution in [2.24, 2.45) is 0 Å². The number of hydrogen-bond donors (Lipinski definition) is 2. The summed E-state index contributed by atoms with van der Waals surface area (Å²) in [5.74, 6) is 1.10. The third-order valence-electron chi connectivity index (χ3n) is 4.02. The maximum Gasteiger partial charge on any atom is 0.208 e. The summed E-state index contributed by atoms with van der Waals surface area (Å²) in [6.45, 7) is 2.34. The van der Waals surface area contributed by atoms with Crippen LogP contribution >= 0.6 is 0 Å². The number of sulfone groups is 1. The zero-order valence-corrected chi connectivity index (χ0v) is 15.2. The first-order valence-corrected chi connectivity index (χ1v) is 9.64. The lowest BCUT2D eigenvalue weighted by Gasteiger charge is -2.07. The van der Waals surface area contributed by atoms with E-state index in [0.717, 1.165) is 0 Å². The monoisotopic (exact) mass is 362 g/mol.